The number of ether oxygens (including phenoxy) is 1. The van der Waals surface area contributed by atoms with Crippen LogP contribution in [0, 0.1) is 0 Å². The SMILES string of the molecule is COCCC(=O)NCCC(=O)NCCNC(=O)CCN1C(=O)CC(SC)C1=O. The number of nitrogens with zero attached hydrogens (tertiary/aromatic N) is 1. The van der Waals surface area contributed by atoms with Crippen LogP contribution in [0.5, 0.6) is 0 Å². The molecule has 1 atom stereocenters. The van der Waals surface area contributed by atoms with Crippen LogP contribution in [-0.2, 0) is 28.7 Å². The van der Waals surface area contributed by atoms with Gasteiger partial charge in [-0.05, 0) is 6.26 Å². The summed E-state index contributed by atoms with van der Waals surface area (Å²) in [5, 5.41) is 7.50. The Kier molecular flexibility index (Phi) is 11.2. The van der Waals surface area contributed by atoms with Crippen molar-refractivity contribution in [3.05, 3.63) is 0 Å². The number of imide groups is 1. The van der Waals surface area contributed by atoms with Crippen LogP contribution in [0.4, 0.5) is 0 Å². The van der Waals surface area contributed by atoms with E-state index in [4.69, 9.17) is 4.74 Å². The lowest BCUT2D eigenvalue weighted by molar-refractivity contribution is -0.138. The van der Waals surface area contributed by atoms with Gasteiger partial charge >= 0.3 is 0 Å². The van der Waals surface area contributed by atoms with Gasteiger partial charge in [-0.2, -0.15) is 11.8 Å². The molecule has 1 aliphatic heterocycles. The zero-order valence-corrected chi connectivity index (χ0v) is 17.1. The molecule has 0 radical (unpaired) electrons. The smallest absolute Gasteiger partial charge is 0.242 e. The average molecular weight is 417 g/mol. The van der Waals surface area contributed by atoms with Gasteiger partial charge in [-0.3, -0.25) is 28.9 Å². The minimum absolute atomic E-state index is 0.0278. The number of nitrogens with one attached hydrogen (secondary N) is 3. The Morgan fingerprint density at radius 3 is 2.14 bits per heavy atom. The van der Waals surface area contributed by atoms with E-state index in [0.717, 1.165) is 4.90 Å². The molecular weight excluding hydrogens is 388 g/mol. The quantitative estimate of drug-likeness (QED) is 0.249. The normalized spacial score (nSPS) is 16.2. The van der Waals surface area contributed by atoms with E-state index < -0.39 is 0 Å². The van der Waals surface area contributed by atoms with Crippen LogP contribution in [0.25, 0.3) is 0 Å². The Balaban J connectivity index is 2.08. The Morgan fingerprint density at radius 1 is 1.00 bits per heavy atom. The van der Waals surface area contributed by atoms with E-state index in [1.54, 1.807) is 6.26 Å². The molecule has 0 aliphatic carbocycles. The first kappa shape index (κ1) is 23.9. The topological polar surface area (TPSA) is 134 Å². The fraction of sp³-hybridized carbons (Fsp3) is 0.706. The number of hydrogen-bond acceptors (Lipinski definition) is 7. The number of methoxy groups -OCH3 is 1. The largest absolute Gasteiger partial charge is 0.384 e. The summed E-state index contributed by atoms with van der Waals surface area (Å²) in [6, 6.07) is 0. The third kappa shape index (κ3) is 8.70. The highest BCUT2D eigenvalue weighted by molar-refractivity contribution is 8.00. The van der Waals surface area contributed by atoms with Crippen molar-refractivity contribution in [2.45, 2.75) is 30.9 Å². The first-order chi connectivity index (χ1) is 13.4. The summed E-state index contributed by atoms with van der Waals surface area (Å²) in [5.74, 6) is -1.21. The third-order valence-electron chi connectivity index (χ3n) is 4.03. The van der Waals surface area contributed by atoms with Gasteiger partial charge in [0.25, 0.3) is 0 Å². The van der Waals surface area contributed by atoms with E-state index in [1.807, 2.05) is 0 Å². The summed E-state index contributed by atoms with van der Waals surface area (Å²) in [6.45, 7) is 1.11. The van der Waals surface area contributed by atoms with Crippen molar-refractivity contribution < 1.29 is 28.7 Å². The molecule has 158 valence electrons. The van der Waals surface area contributed by atoms with Crippen molar-refractivity contribution in [1.29, 1.82) is 0 Å². The molecule has 0 bridgehead atoms. The molecule has 0 saturated carbocycles. The van der Waals surface area contributed by atoms with E-state index in [9.17, 15) is 24.0 Å². The highest BCUT2D eigenvalue weighted by Crippen LogP contribution is 2.22. The number of carbonyl (C=O) groups excluding carboxylic acids is 5. The summed E-state index contributed by atoms with van der Waals surface area (Å²) in [5.41, 5.74) is 0. The highest BCUT2D eigenvalue weighted by Gasteiger charge is 2.37. The molecule has 0 spiro atoms. The van der Waals surface area contributed by atoms with Crippen molar-refractivity contribution in [2.75, 3.05) is 46.2 Å². The van der Waals surface area contributed by atoms with Gasteiger partial charge in [0.1, 0.15) is 0 Å². The standard InChI is InChI=1S/C17H28N4O6S/c1-27-10-5-15(24)18-6-3-13(22)19-7-8-20-14(23)4-9-21-16(25)11-12(28-2)17(21)26/h12H,3-11H2,1-2H3,(H,18,24)(H,19,22)(H,20,23). The summed E-state index contributed by atoms with van der Waals surface area (Å²) < 4.78 is 4.78. The van der Waals surface area contributed by atoms with Crippen molar-refractivity contribution in [2.24, 2.45) is 0 Å². The molecule has 1 saturated heterocycles. The maximum absolute atomic E-state index is 11.9. The number of hydrogen-bond donors (Lipinski definition) is 3. The molecule has 5 amide bonds. The van der Waals surface area contributed by atoms with E-state index in [1.165, 1.54) is 18.9 Å². The average Bonchev–Trinajstić information content (AvgIpc) is 2.94. The van der Waals surface area contributed by atoms with Crippen LogP contribution in [0.3, 0.4) is 0 Å². The second kappa shape index (κ2) is 13.1. The molecule has 0 aromatic rings. The fourth-order valence-electron chi connectivity index (χ4n) is 2.46. The maximum Gasteiger partial charge on any atom is 0.242 e. The highest BCUT2D eigenvalue weighted by atomic mass is 32.2. The lowest BCUT2D eigenvalue weighted by atomic mass is 10.3. The van der Waals surface area contributed by atoms with Gasteiger partial charge in [0, 0.05) is 59.0 Å². The molecule has 28 heavy (non-hydrogen) atoms. The number of thioether (sulfide) groups is 1. The Bertz CT molecular complexity index is 586. The first-order valence-electron chi connectivity index (χ1n) is 9.05. The number of amides is 5. The molecule has 0 aromatic carbocycles. The molecule has 1 rings (SSSR count). The van der Waals surface area contributed by atoms with Gasteiger partial charge in [0.2, 0.25) is 29.5 Å². The monoisotopic (exact) mass is 416 g/mol. The molecule has 10 nitrogen and oxygen atoms in total. The number of carbonyl (C=O) groups is 5. The van der Waals surface area contributed by atoms with Gasteiger partial charge < -0.3 is 20.7 Å². The van der Waals surface area contributed by atoms with Gasteiger partial charge in [-0.25, -0.2) is 0 Å². The summed E-state index contributed by atoms with van der Waals surface area (Å²) >= 11 is 1.33. The molecule has 1 unspecified atom stereocenters. The minimum Gasteiger partial charge on any atom is -0.384 e. The van der Waals surface area contributed by atoms with Crippen LogP contribution in [0.2, 0.25) is 0 Å². The van der Waals surface area contributed by atoms with E-state index in [-0.39, 0.29) is 86.6 Å². The van der Waals surface area contributed by atoms with Gasteiger partial charge in [0.15, 0.2) is 0 Å². The van der Waals surface area contributed by atoms with Crippen LogP contribution in [0.1, 0.15) is 25.7 Å². The predicted molar refractivity (Wildman–Crippen MR) is 103 cm³/mol. The number of likely N-dealkylation sites (tertiary alicyclic amines) is 1. The molecule has 1 fully saturated rings. The summed E-state index contributed by atoms with van der Waals surface area (Å²) in [4.78, 5) is 59.6. The first-order valence-corrected chi connectivity index (χ1v) is 10.3. The zero-order valence-electron chi connectivity index (χ0n) is 16.2. The number of rotatable bonds is 13. The molecular formula is C17H28N4O6S. The predicted octanol–water partition coefficient (Wildman–Crippen LogP) is -1.36. The summed E-state index contributed by atoms with van der Waals surface area (Å²) in [6.07, 6.45) is 2.37. The van der Waals surface area contributed by atoms with Crippen molar-refractivity contribution in [3.63, 3.8) is 0 Å². The van der Waals surface area contributed by atoms with E-state index in [0.29, 0.717) is 6.61 Å². The zero-order chi connectivity index (χ0) is 20.9. The van der Waals surface area contributed by atoms with Crippen molar-refractivity contribution >= 4 is 41.3 Å². The molecule has 1 aliphatic rings. The second-order valence-electron chi connectivity index (χ2n) is 6.10. The minimum atomic E-state index is -0.351. The maximum atomic E-state index is 11.9. The summed E-state index contributed by atoms with van der Waals surface area (Å²) in [7, 11) is 1.51. The Morgan fingerprint density at radius 2 is 1.57 bits per heavy atom. The van der Waals surface area contributed by atoms with E-state index in [2.05, 4.69) is 16.0 Å². The second-order valence-corrected chi connectivity index (χ2v) is 7.15. The molecule has 11 heteroatoms. The van der Waals surface area contributed by atoms with E-state index >= 15 is 0 Å². The third-order valence-corrected chi connectivity index (χ3v) is 4.96. The van der Waals surface area contributed by atoms with Gasteiger partial charge in [-0.1, -0.05) is 0 Å². The van der Waals surface area contributed by atoms with Crippen LogP contribution < -0.4 is 16.0 Å². The lowest BCUT2D eigenvalue weighted by Crippen LogP contribution is -2.38. The van der Waals surface area contributed by atoms with Gasteiger partial charge in [0.05, 0.1) is 11.9 Å². The van der Waals surface area contributed by atoms with Gasteiger partial charge in [-0.15, -0.1) is 0 Å². The Labute approximate surface area is 168 Å². The fourth-order valence-corrected chi connectivity index (χ4v) is 3.10. The van der Waals surface area contributed by atoms with Crippen molar-refractivity contribution in [3.8, 4) is 0 Å². The Hall–Kier alpha value is -2.14. The van der Waals surface area contributed by atoms with Crippen LogP contribution >= 0.6 is 11.8 Å². The molecule has 0 aromatic heterocycles. The van der Waals surface area contributed by atoms with Crippen LogP contribution in [0.15, 0.2) is 0 Å². The van der Waals surface area contributed by atoms with Crippen LogP contribution in [-0.4, -0.2) is 85.8 Å². The lowest BCUT2D eigenvalue weighted by Gasteiger charge is -2.14. The van der Waals surface area contributed by atoms with Crippen molar-refractivity contribution in [1.82, 2.24) is 20.9 Å². The molecule has 1 heterocycles. The molecule has 3 N–H and O–H groups in total.